The van der Waals surface area contributed by atoms with Crippen molar-refractivity contribution in [2.24, 2.45) is 5.73 Å². The van der Waals surface area contributed by atoms with Crippen molar-refractivity contribution >= 4 is 29.0 Å². The Hall–Kier alpha value is -4.94. The van der Waals surface area contributed by atoms with E-state index in [2.05, 4.69) is 25.5 Å². The Kier molecular flexibility index (Phi) is 9.65. The zero-order valence-corrected chi connectivity index (χ0v) is 25.5. The molecule has 6 rings (SSSR count). The summed E-state index contributed by atoms with van der Waals surface area (Å²) in [5.41, 5.74) is 11.0. The molecule has 0 radical (unpaired) electrons. The van der Waals surface area contributed by atoms with Crippen molar-refractivity contribution in [3.8, 4) is 5.75 Å². The maximum atomic E-state index is 13.5. The number of amides is 2. The minimum absolute atomic E-state index is 0.00911. The standard InChI is InChI=1S/C30H27N5O5.C3H9NO/c1-16-21(17(2)36)4-5-23-22(16)6-7-24(23)34-30(39)26-13-25(33-28-9-10-32-35(26)28)29(38)31-14-18-3-8-27-19(11-18)12-20(37)15-40-27;1-5-3-2-4/h3-5,8-11,13,24H,6-7,12,14-15H2,1-2H3,(H,31,38)(H,34,39);2-4H2,1H3/t24-;/m0./s1. The molecule has 45 heavy (non-hydrogen) atoms. The summed E-state index contributed by atoms with van der Waals surface area (Å²) >= 11 is 0. The molecule has 2 aromatic heterocycles. The number of carbonyl (C=O) groups excluding carboxylic acids is 4. The molecule has 1 aliphatic heterocycles. The molecule has 0 fully saturated rings. The van der Waals surface area contributed by atoms with Gasteiger partial charge in [-0.05, 0) is 61.1 Å². The van der Waals surface area contributed by atoms with Gasteiger partial charge in [-0.25, -0.2) is 9.50 Å². The SMILES string of the molecule is CC(=O)c1ccc2c(c1C)CC[C@@H]2NC(=O)c1cc(C(=O)NCc2ccc3c(c2)CC(=O)CO3)nc2ccnn12.COCCN. The molecule has 3 heterocycles. The molecule has 1 aliphatic carbocycles. The van der Waals surface area contributed by atoms with Crippen LogP contribution in [0, 0.1) is 6.92 Å². The van der Waals surface area contributed by atoms with Crippen LogP contribution in [0.25, 0.3) is 5.65 Å². The lowest BCUT2D eigenvalue weighted by molar-refractivity contribution is -0.121. The molecule has 234 valence electrons. The van der Waals surface area contributed by atoms with E-state index in [4.69, 9.17) is 10.5 Å². The van der Waals surface area contributed by atoms with Crippen molar-refractivity contribution in [3.05, 3.63) is 93.4 Å². The van der Waals surface area contributed by atoms with Gasteiger partial charge in [-0.15, -0.1) is 0 Å². The van der Waals surface area contributed by atoms with Gasteiger partial charge in [0, 0.05) is 49.9 Å². The fraction of sp³-hybridized carbons (Fsp3) is 0.333. The predicted octanol–water partition coefficient (Wildman–Crippen LogP) is 2.68. The van der Waals surface area contributed by atoms with Crippen LogP contribution in [0.15, 0.2) is 48.7 Å². The molecule has 0 spiro atoms. The van der Waals surface area contributed by atoms with Crippen LogP contribution in [0.5, 0.6) is 5.75 Å². The molecule has 1 atom stereocenters. The highest BCUT2D eigenvalue weighted by atomic mass is 16.5. The number of benzene rings is 2. The van der Waals surface area contributed by atoms with Crippen LogP contribution in [0.1, 0.15) is 78.5 Å². The van der Waals surface area contributed by atoms with Crippen LogP contribution in [0.3, 0.4) is 0 Å². The van der Waals surface area contributed by atoms with E-state index in [0.717, 1.165) is 34.2 Å². The van der Waals surface area contributed by atoms with Crippen molar-refractivity contribution in [2.75, 3.05) is 26.9 Å². The van der Waals surface area contributed by atoms with Gasteiger partial charge in [-0.3, -0.25) is 19.2 Å². The maximum Gasteiger partial charge on any atom is 0.270 e. The lowest BCUT2D eigenvalue weighted by Crippen LogP contribution is -2.30. The van der Waals surface area contributed by atoms with Crippen LogP contribution in [0.4, 0.5) is 0 Å². The van der Waals surface area contributed by atoms with Crippen LogP contribution < -0.4 is 21.1 Å². The Morgan fingerprint density at radius 1 is 1.13 bits per heavy atom. The lowest BCUT2D eigenvalue weighted by Gasteiger charge is -2.17. The van der Waals surface area contributed by atoms with Gasteiger partial charge in [0.15, 0.2) is 17.2 Å². The third-order valence-corrected chi connectivity index (χ3v) is 7.88. The number of hydrogen-bond donors (Lipinski definition) is 3. The minimum atomic E-state index is -0.443. The van der Waals surface area contributed by atoms with Crippen LogP contribution in [-0.4, -0.2) is 64.8 Å². The van der Waals surface area contributed by atoms with Gasteiger partial charge in [0.05, 0.1) is 18.8 Å². The summed E-state index contributed by atoms with van der Waals surface area (Å²) in [6.07, 6.45) is 3.30. The summed E-state index contributed by atoms with van der Waals surface area (Å²) in [6, 6.07) is 12.0. The first-order valence-corrected chi connectivity index (χ1v) is 14.7. The molecule has 0 bridgehead atoms. The van der Waals surface area contributed by atoms with Crippen molar-refractivity contribution in [1.29, 1.82) is 0 Å². The number of methoxy groups -OCH3 is 1. The molecular formula is C33H36N6O6. The van der Waals surface area contributed by atoms with Crippen LogP contribution in [0.2, 0.25) is 0 Å². The summed E-state index contributed by atoms with van der Waals surface area (Å²) in [6.45, 7) is 5.08. The van der Waals surface area contributed by atoms with Gasteiger partial charge in [0.25, 0.3) is 11.8 Å². The summed E-state index contributed by atoms with van der Waals surface area (Å²) in [5.74, 6) is -0.114. The highest BCUT2D eigenvalue weighted by Gasteiger charge is 2.28. The van der Waals surface area contributed by atoms with Gasteiger partial charge in [0.2, 0.25) is 0 Å². The van der Waals surface area contributed by atoms with E-state index >= 15 is 0 Å². The van der Waals surface area contributed by atoms with Gasteiger partial charge < -0.3 is 25.8 Å². The molecule has 0 saturated heterocycles. The molecule has 0 saturated carbocycles. The molecule has 2 aliphatic rings. The smallest absolute Gasteiger partial charge is 0.270 e. The summed E-state index contributed by atoms with van der Waals surface area (Å²) in [4.78, 5) is 54.6. The summed E-state index contributed by atoms with van der Waals surface area (Å²) in [7, 11) is 1.63. The van der Waals surface area contributed by atoms with Crippen molar-refractivity contribution in [2.45, 2.75) is 45.7 Å². The summed E-state index contributed by atoms with van der Waals surface area (Å²) < 4.78 is 11.4. The highest BCUT2D eigenvalue weighted by Crippen LogP contribution is 2.35. The zero-order chi connectivity index (χ0) is 32.1. The molecule has 2 amide bonds. The quantitative estimate of drug-likeness (QED) is 0.254. The van der Waals surface area contributed by atoms with Crippen molar-refractivity contribution in [3.63, 3.8) is 0 Å². The van der Waals surface area contributed by atoms with Gasteiger partial charge in [-0.1, -0.05) is 18.2 Å². The van der Waals surface area contributed by atoms with E-state index < -0.39 is 5.91 Å². The van der Waals surface area contributed by atoms with E-state index in [0.29, 0.717) is 43.0 Å². The van der Waals surface area contributed by atoms with E-state index in [1.54, 1.807) is 26.2 Å². The monoisotopic (exact) mass is 612 g/mol. The topological polar surface area (TPSA) is 167 Å². The number of nitrogens with one attached hydrogen (secondary N) is 2. The van der Waals surface area contributed by atoms with Gasteiger partial charge in [0.1, 0.15) is 23.7 Å². The predicted molar refractivity (Wildman–Crippen MR) is 165 cm³/mol. The van der Waals surface area contributed by atoms with Crippen LogP contribution >= 0.6 is 0 Å². The Labute approximate surface area is 260 Å². The number of ether oxygens (including phenoxy) is 2. The number of Topliss-reactive ketones (excluding diaryl/α,β-unsaturated/α-hetero) is 2. The zero-order valence-electron chi connectivity index (χ0n) is 25.5. The molecule has 4 aromatic rings. The molecular weight excluding hydrogens is 576 g/mol. The van der Waals surface area contributed by atoms with Gasteiger partial charge >= 0.3 is 0 Å². The number of ketones is 2. The molecule has 0 unspecified atom stereocenters. The molecule has 4 N–H and O–H groups in total. The first-order valence-electron chi connectivity index (χ1n) is 14.7. The second kappa shape index (κ2) is 13.8. The Bertz CT molecular complexity index is 1780. The lowest BCUT2D eigenvalue weighted by atomic mass is 9.96. The van der Waals surface area contributed by atoms with Gasteiger partial charge in [-0.2, -0.15) is 5.10 Å². The molecule has 12 nitrogen and oxygen atoms in total. The third-order valence-electron chi connectivity index (χ3n) is 7.88. The Morgan fingerprint density at radius 2 is 1.96 bits per heavy atom. The average molecular weight is 613 g/mol. The number of carbonyl (C=O) groups is 4. The number of aromatic nitrogens is 3. The normalized spacial score (nSPS) is 14.9. The second-order valence-corrected chi connectivity index (χ2v) is 11.0. The molecule has 12 heteroatoms. The first-order chi connectivity index (χ1) is 21.7. The maximum absolute atomic E-state index is 13.5. The second-order valence-electron chi connectivity index (χ2n) is 11.0. The fourth-order valence-electron chi connectivity index (χ4n) is 5.67. The Morgan fingerprint density at radius 3 is 2.69 bits per heavy atom. The van der Waals surface area contributed by atoms with Crippen molar-refractivity contribution in [1.82, 2.24) is 25.2 Å². The van der Waals surface area contributed by atoms with E-state index in [-0.39, 0.29) is 48.1 Å². The minimum Gasteiger partial charge on any atom is -0.486 e. The molecule has 2 aromatic carbocycles. The highest BCUT2D eigenvalue weighted by molar-refractivity contribution is 5.99. The van der Waals surface area contributed by atoms with E-state index in [9.17, 15) is 19.2 Å². The Balaban J connectivity index is 0.000000743. The van der Waals surface area contributed by atoms with Crippen molar-refractivity contribution < 1.29 is 28.7 Å². The number of nitrogens with two attached hydrogens (primary N) is 1. The number of rotatable bonds is 8. The number of fused-ring (bicyclic) bond motifs is 3. The van der Waals surface area contributed by atoms with Crippen LogP contribution in [-0.2, 0) is 28.9 Å². The third kappa shape index (κ3) is 6.92. The number of nitrogens with zero attached hydrogens (tertiary/aromatic N) is 3. The van der Waals surface area contributed by atoms with E-state index in [1.807, 2.05) is 31.2 Å². The average Bonchev–Trinajstić information content (AvgIpc) is 3.67. The first kappa shape index (κ1) is 31.5. The summed E-state index contributed by atoms with van der Waals surface area (Å²) in [5, 5.41) is 10.2. The van der Waals surface area contributed by atoms with E-state index in [1.165, 1.54) is 16.8 Å². The fourth-order valence-corrected chi connectivity index (χ4v) is 5.67. The number of hydrogen-bond acceptors (Lipinski definition) is 9. The largest absolute Gasteiger partial charge is 0.486 e.